The van der Waals surface area contributed by atoms with Crippen LogP contribution in [0, 0.1) is 11.8 Å². The third-order valence-corrected chi connectivity index (χ3v) is 3.73. The van der Waals surface area contributed by atoms with E-state index < -0.39 is 0 Å². The van der Waals surface area contributed by atoms with Gasteiger partial charge in [0.1, 0.15) is 0 Å². The van der Waals surface area contributed by atoms with Crippen molar-refractivity contribution in [3.8, 4) is 0 Å². The molecule has 0 heterocycles. The summed E-state index contributed by atoms with van der Waals surface area (Å²) < 4.78 is 1.21. The molecule has 16 heavy (non-hydrogen) atoms. The number of halogens is 1. The van der Waals surface area contributed by atoms with E-state index in [1.807, 2.05) is 0 Å². The van der Waals surface area contributed by atoms with Crippen LogP contribution in [0.5, 0.6) is 0 Å². The van der Waals surface area contributed by atoms with Gasteiger partial charge in [0.2, 0.25) is 0 Å². The minimum atomic E-state index is 0.612. The van der Waals surface area contributed by atoms with Crippen LogP contribution in [-0.4, -0.2) is 6.54 Å². The van der Waals surface area contributed by atoms with E-state index in [0.717, 1.165) is 18.9 Å². The Morgan fingerprint density at radius 3 is 2.44 bits per heavy atom. The lowest BCUT2D eigenvalue weighted by molar-refractivity contribution is 0.428. The van der Waals surface area contributed by atoms with E-state index in [9.17, 15) is 0 Å². The van der Waals surface area contributed by atoms with Crippen molar-refractivity contribution in [1.29, 1.82) is 0 Å². The average Bonchev–Trinajstić information content (AvgIpc) is 2.26. The van der Waals surface area contributed by atoms with Crippen LogP contribution in [0.4, 0.5) is 0 Å². The summed E-state index contributed by atoms with van der Waals surface area (Å²) in [5.74, 6) is 1.38. The van der Waals surface area contributed by atoms with Crippen molar-refractivity contribution in [3.63, 3.8) is 0 Å². The van der Waals surface area contributed by atoms with Gasteiger partial charge in [-0.25, -0.2) is 0 Å². The summed E-state index contributed by atoms with van der Waals surface area (Å²) >= 11 is 3.59. The van der Waals surface area contributed by atoms with Gasteiger partial charge in [-0.15, -0.1) is 0 Å². The molecule has 0 aliphatic rings. The monoisotopic (exact) mass is 283 g/mol. The van der Waals surface area contributed by atoms with Gasteiger partial charge < -0.3 is 5.73 Å². The van der Waals surface area contributed by atoms with E-state index in [1.165, 1.54) is 22.9 Å². The van der Waals surface area contributed by atoms with Crippen LogP contribution in [0.1, 0.15) is 32.3 Å². The Hall–Kier alpha value is -0.340. The van der Waals surface area contributed by atoms with Crippen LogP contribution in [0.15, 0.2) is 28.7 Å². The molecule has 0 radical (unpaired) electrons. The molecule has 0 fully saturated rings. The Morgan fingerprint density at radius 1 is 1.19 bits per heavy atom. The van der Waals surface area contributed by atoms with E-state index >= 15 is 0 Å². The number of hydrogen-bond donors (Lipinski definition) is 1. The zero-order chi connectivity index (χ0) is 12.0. The summed E-state index contributed by atoms with van der Waals surface area (Å²) in [7, 11) is 0. The molecule has 1 rings (SSSR count). The van der Waals surface area contributed by atoms with Crippen molar-refractivity contribution in [2.45, 2.75) is 33.1 Å². The first-order chi connectivity index (χ1) is 7.63. The maximum Gasteiger partial charge on any atom is 0.0207 e. The zero-order valence-corrected chi connectivity index (χ0v) is 11.8. The van der Waals surface area contributed by atoms with Gasteiger partial charge in [-0.1, -0.05) is 54.4 Å². The lowest BCUT2D eigenvalue weighted by atomic mass is 9.92. The largest absolute Gasteiger partial charge is 0.330 e. The lowest BCUT2D eigenvalue weighted by Gasteiger charge is -2.16. The summed E-state index contributed by atoms with van der Waals surface area (Å²) in [6, 6.07) is 8.43. The second kappa shape index (κ2) is 7.08. The predicted octanol–water partition coefficient (Wildman–Crippen LogP) is 4.00. The van der Waals surface area contributed by atoms with Crippen molar-refractivity contribution < 1.29 is 0 Å². The first-order valence-corrected chi connectivity index (χ1v) is 6.86. The molecule has 2 heteroatoms. The van der Waals surface area contributed by atoms with E-state index in [-0.39, 0.29) is 0 Å². The summed E-state index contributed by atoms with van der Waals surface area (Å²) in [5.41, 5.74) is 7.22. The number of rotatable bonds is 6. The minimum Gasteiger partial charge on any atom is -0.330 e. The van der Waals surface area contributed by atoms with Gasteiger partial charge in [0.15, 0.2) is 0 Å². The molecule has 90 valence electrons. The van der Waals surface area contributed by atoms with Crippen LogP contribution in [0.3, 0.4) is 0 Å². The Balaban J connectivity index is 2.53. The Morgan fingerprint density at radius 2 is 1.88 bits per heavy atom. The van der Waals surface area contributed by atoms with Crippen molar-refractivity contribution in [1.82, 2.24) is 0 Å². The van der Waals surface area contributed by atoms with Crippen molar-refractivity contribution in [2.75, 3.05) is 6.54 Å². The average molecular weight is 284 g/mol. The van der Waals surface area contributed by atoms with E-state index in [4.69, 9.17) is 5.73 Å². The first-order valence-electron chi connectivity index (χ1n) is 6.07. The molecule has 0 saturated carbocycles. The van der Waals surface area contributed by atoms with Crippen LogP contribution in [-0.2, 0) is 6.42 Å². The van der Waals surface area contributed by atoms with Gasteiger partial charge in [-0.05, 0) is 42.9 Å². The fourth-order valence-corrected chi connectivity index (χ4v) is 2.29. The highest BCUT2D eigenvalue weighted by atomic mass is 79.9. The number of nitrogens with two attached hydrogens (primary N) is 1. The number of benzene rings is 1. The molecular formula is C14H22BrN. The maximum absolute atomic E-state index is 5.84. The third-order valence-electron chi connectivity index (χ3n) is 2.95. The highest BCUT2D eigenvalue weighted by Gasteiger charge is 2.10. The molecule has 0 saturated heterocycles. The zero-order valence-electron chi connectivity index (χ0n) is 10.2. The second-order valence-electron chi connectivity index (χ2n) is 4.87. The van der Waals surface area contributed by atoms with Crippen LogP contribution in [0.25, 0.3) is 0 Å². The van der Waals surface area contributed by atoms with Crippen LogP contribution in [0.2, 0.25) is 0 Å². The molecular weight excluding hydrogens is 262 g/mol. The highest BCUT2D eigenvalue weighted by molar-refractivity contribution is 9.10. The molecule has 1 unspecified atom stereocenters. The van der Waals surface area contributed by atoms with Gasteiger partial charge >= 0.3 is 0 Å². The predicted molar refractivity (Wildman–Crippen MR) is 74.5 cm³/mol. The molecule has 2 N–H and O–H groups in total. The molecule has 1 aromatic rings. The van der Waals surface area contributed by atoms with Gasteiger partial charge in [-0.3, -0.25) is 0 Å². The van der Waals surface area contributed by atoms with Gasteiger partial charge in [0.05, 0.1) is 0 Å². The molecule has 0 aliphatic carbocycles. The smallest absolute Gasteiger partial charge is 0.0207 e. The quantitative estimate of drug-likeness (QED) is 0.839. The van der Waals surface area contributed by atoms with E-state index in [2.05, 4.69) is 54.0 Å². The van der Waals surface area contributed by atoms with Crippen molar-refractivity contribution in [3.05, 3.63) is 34.3 Å². The Labute approximate surface area is 108 Å². The summed E-state index contributed by atoms with van der Waals surface area (Å²) in [6.45, 7) is 5.33. The van der Waals surface area contributed by atoms with E-state index in [0.29, 0.717) is 5.92 Å². The van der Waals surface area contributed by atoms with Crippen LogP contribution < -0.4 is 5.73 Å². The fraction of sp³-hybridized carbons (Fsp3) is 0.571. The summed E-state index contributed by atoms with van der Waals surface area (Å²) in [6.07, 6.45) is 3.59. The SMILES string of the molecule is CC(C)CCC(CN)Cc1ccccc1Br. The highest BCUT2D eigenvalue weighted by Crippen LogP contribution is 2.22. The Kier molecular flexibility index (Phi) is 6.07. The molecule has 0 aromatic heterocycles. The molecule has 0 aliphatic heterocycles. The Bertz CT molecular complexity index is 309. The maximum atomic E-state index is 5.84. The third kappa shape index (κ3) is 4.67. The molecule has 1 atom stereocenters. The molecule has 0 spiro atoms. The van der Waals surface area contributed by atoms with Gasteiger partial charge in [-0.2, -0.15) is 0 Å². The van der Waals surface area contributed by atoms with Crippen LogP contribution >= 0.6 is 15.9 Å². The van der Waals surface area contributed by atoms with Crippen molar-refractivity contribution in [2.24, 2.45) is 17.6 Å². The number of hydrogen-bond acceptors (Lipinski definition) is 1. The van der Waals surface area contributed by atoms with Gasteiger partial charge in [0, 0.05) is 4.47 Å². The topological polar surface area (TPSA) is 26.0 Å². The fourth-order valence-electron chi connectivity index (χ4n) is 1.85. The van der Waals surface area contributed by atoms with Gasteiger partial charge in [0.25, 0.3) is 0 Å². The second-order valence-corrected chi connectivity index (χ2v) is 5.72. The molecule has 0 amide bonds. The summed E-state index contributed by atoms with van der Waals surface area (Å²) in [4.78, 5) is 0. The van der Waals surface area contributed by atoms with Crippen molar-refractivity contribution >= 4 is 15.9 Å². The lowest BCUT2D eigenvalue weighted by Crippen LogP contribution is -2.17. The van der Waals surface area contributed by atoms with E-state index in [1.54, 1.807) is 0 Å². The molecule has 1 nitrogen and oxygen atoms in total. The standard InChI is InChI=1S/C14H22BrN/c1-11(2)7-8-12(10-16)9-13-5-3-4-6-14(13)15/h3-6,11-12H,7-10,16H2,1-2H3. The minimum absolute atomic E-state index is 0.612. The molecule has 1 aromatic carbocycles. The normalized spacial score (nSPS) is 13.1. The molecule has 0 bridgehead atoms. The summed E-state index contributed by atoms with van der Waals surface area (Å²) in [5, 5.41) is 0. The first kappa shape index (κ1) is 13.7.